The van der Waals surface area contributed by atoms with Crippen LogP contribution in [0.2, 0.25) is 0 Å². The molecule has 0 spiro atoms. The Morgan fingerprint density at radius 2 is 1.94 bits per heavy atom. The summed E-state index contributed by atoms with van der Waals surface area (Å²) in [6.07, 6.45) is 3.33. The molecule has 0 aliphatic carbocycles. The molecule has 1 heterocycles. The lowest BCUT2D eigenvalue weighted by atomic mass is 9.98. The Balaban J connectivity index is 1.82. The van der Waals surface area contributed by atoms with Crippen LogP contribution >= 0.6 is 0 Å². The largest absolute Gasteiger partial charge is 0.352 e. The average molecular weight is 246 g/mol. The van der Waals surface area contributed by atoms with E-state index in [4.69, 9.17) is 0 Å². The summed E-state index contributed by atoms with van der Waals surface area (Å²) >= 11 is 0. The summed E-state index contributed by atoms with van der Waals surface area (Å²) in [7, 11) is 0. The number of benzene rings is 1. The van der Waals surface area contributed by atoms with Crippen molar-refractivity contribution in [3.8, 4) is 0 Å². The van der Waals surface area contributed by atoms with Gasteiger partial charge in [0.1, 0.15) is 0 Å². The number of rotatable bonds is 4. The second kappa shape index (κ2) is 6.55. The predicted octanol–water partition coefficient (Wildman–Crippen LogP) is 1.98. The molecular formula is C15H22N2O. The Morgan fingerprint density at radius 3 is 2.56 bits per heavy atom. The molecule has 0 aromatic heterocycles. The molecule has 1 aliphatic heterocycles. The molecule has 3 nitrogen and oxygen atoms in total. The molecule has 2 N–H and O–H groups in total. The maximum atomic E-state index is 12.0. The molecule has 1 aliphatic rings. The van der Waals surface area contributed by atoms with Gasteiger partial charge in [0.2, 0.25) is 0 Å². The lowest BCUT2D eigenvalue weighted by Crippen LogP contribution is -2.35. The number of carbonyl (C=O) groups is 1. The van der Waals surface area contributed by atoms with Gasteiger partial charge >= 0.3 is 0 Å². The highest BCUT2D eigenvalue weighted by Crippen LogP contribution is 2.10. The molecule has 3 heteroatoms. The van der Waals surface area contributed by atoms with Crippen molar-refractivity contribution in [2.75, 3.05) is 19.6 Å². The van der Waals surface area contributed by atoms with Crippen LogP contribution in [-0.4, -0.2) is 25.5 Å². The van der Waals surface area contributed by atoms with E-state index in [-0.39, 0.29) is 5.91 Å². The zero-order chi connectivity index (χ0) is 12.8. The van der Waals surface area contributed by atoms with Gasteiger partial charge in [-0.2, -0.15) is 0 Å². The number of hydrogen-bond acceptors (Lipinski definition) is 2. The summed E-state index contributed by atoms with van der Waals surface area (Å²) in [5.41, 5.74) is 2.03. The van der Waals surface area contributed by atoms with Crippen LogP contribution in [0.15, 0.2) is 24.3 Å². The molecule has 98 valence electrons. The summed E-state index contributed by atoms with van der Waals surface area (Å²) < 4.78 is 0. The predicted molar refractivity (Wildman–Crippen MR) is 73.7 cm³/mol. The first-order valence-corrected chi connectivity index (χ1v) is 6.87. The molecule has 0 unspecified atom stereocenters. The molecule has 2 rings (SSSR count). The number of aryl methyl sites for hydroxylation is 1. The minimum absolute atomic E-state index is 0.0520. The zero-order valence-corrected chi connectivity index (χ0v) is 11.0. The van der Waals surface area contributed by atoms with E-state index < -0.39 is 0 Å². The highest BCUT2D eigenvalue weighted by Gasteiger charge is 2.14. The molecule has 0 bridgehead atoms. The van der Waals surface area contributed by atoms with Gasteiger partial charge in [0.15, 0.2) is 0 Å². The fourth-order valence-corrected chi connectivity index (χ4v) is 2.32. The molecular weight excluding hydrogens is 224 g/mol. The Bertz CT molecular complexity index is 380. The normalized spacial score (nSPS) is 16.5. The molecule has 1 aromatic rings. The molecule has 1 aromatic carbocycles. The molecule has 0 saturated carbocycles. The van der Waals surface area contributed by atoms with Crippen LogP contribution in [0.5, 0.6) is 0 Å². The number of carbonyl (C=O) groups excluding carboxylic acids is 1. The lowest BCUT2D eigenvalue weighted by Gasteiger charge is -2.22. The molecule has 0 radical (unpaired) electrons. The van der Waals surface area contributed by atoms with Crippen molar-refractivity contribution >= 4 is 5.91 Å². The second-order valence-electron chi connectivity index (χ2n) is 4.95. The minimum Gasteiger partial charge on any atom is -0.352 e. The van der Waals surface area contributed by atoms with Crippen molar-refractivity contribution in [1.82, 2.24) is 10.6 Å². The van der Waals surface area contributed by atoms with Crippen molar-refractivity contribution in [3.63, 3.8) is 0 Å². The first-order valence-electron chi connectivity index (χ1n) is 6.87. The van der Waals surface area contributed by atoms with Crippen molar-refractivity contribution in [3.05, 3.63) is 35.4 Å². The molecule has 1 fully saturated rings. The third kappa shape index (κ3) is 3.57. The van der Waals surface area contributed by atoms with E-state index in [0.29, 0.717) is 5.92 Å². The van der Waals surface area contributed by atoms with E-state index in [9.17, 15) is 4.79 Å². The molecule has 1 saturated heterocycles. The molecule has 1 amide bonds. The van der Waals surface area contributed by atoms with E-state index in [0.717, 1.165) is 44.5 Å². The quantitative estimate of drug-likeness (QED) is 0.853. The zero-order valence-electron chi connectivity index (χ0n) is 11.0. The Labute approximate surface area is 109 Å². The first kappa shape index (κ1) is 13.1. The van der Waals surface area contributed by atoms with Gasteiger partial charge in [-0.05, 0) is 56.0 Å². The number of piperidine rings is 1. The SMILES string of the molecule is CCc1ccc(C(=O)NCC2CCNCC2)cc1. The van der Waals surface area contributed by atoms with Gasteiger partial charge in [-0.3, -0.25) is 4.79 Å². The highest BCUT2D eigenvalue weighted by molar-refractivity contribution is 5.94. The van der Waals surface area contributed by atoms with Gasteiger partial charge in [-0.15, -0.1) is 0 Å². The van der Waals surface area contributed by atoms with Crippen LogP contribution in [0.25, 0.3) is 0 Å². The van der Waals surface area contributed by atoms with Gasteiger partial charge < -0.3 is 10.6 Å². The molecule has 18 heavy (non-hydrogen) atoms. The van der Waals surface area contributed by atoms with Gasteiger partial charge in [-0.1, -0.05) is 19.1 Å². The summed E-state index contributed by atoms with van der Waals surface area (Å²) in [6, 6.07) is 7.88. The summed E-state index contributed by atoms with van der Waals surface area (Å²) in [5, 5.41) is 6.37. The second-order valence-corrected chi connectivity index (χ2v) is 4.95. The fourth-order valence-electron chi connectivity index (χ4n) is 2.32. The van der Waals surface area contributed by atoms with Crippen LogP contribution in [0, 0.1) is 5.92 Å². The summed E-state index contributed by atoms with van der Waals surface area (Å²) in [6.45, 7) is 5.07. The van der Waals surface area contributed by atoms with Gasteiger partial charge in [0.25, 0.3) is 5.91 Å². The first-order chi connectivity index (χ1) is 8.79. The standard InChI is InChI=1S/C15H22N2O/c1-2-12-3-5-14(6-4-12)15(18)17-11-13-7-9-16-10-8-13/h3-6,13,16H,2,7-11H2,1H3,(H,17,18). The van der Waals surface area contributed by atoms with Crippen LogP contribution < -0.4 is 10.6 Å². The average Bonchev–Trinajstić information content (AvgIpc) is 2.46. The highest BCUT2D eigenvalue weighted by atomic mass is 16.1. The van der Waals surface area contributed by atoms with E-state index in [1.807, 2.05) is 24.3 Å². The number of nitrogens with one attached hydrogen (secondary N) is 2. The van der Waals surface area contributed by atoms with E-state index in [1.165, 1.54) is 5.56 Å². The fraction of sp³-hybridized carbons (Fsp3) is 0.533. The van der Waals surface area contributed by atoms with Crippen molar-refractivity contribution in [1.29, 1.82) is 0 Å². The van der Waals surface area contributed by atoms with Crippen molar-refractivity contribution < 1.29 is 4.79 Å². The maximum Gasteiger partial charge on any atom is 0.251 e. The number of hydrogen-bond donors (Lipinski definition) is 2. The van der Waals surface area contributed by atoms with E-state index in [2.05, 4.69) is 17.6 Å². The Kier molecular flexibility index (Phi) is 4.76. The van der Waals surface area contributed by atoms with Gasteiger partial charge in [-0.25, -0.2) is 0 Å². The number of amides is 1. The van der Waals surface area contributed by atoms with Crippen LogP contribution in [0.1, 0.15) is 35.7 Å². The third-order valence-electron chi connectivity index (χ3n) is 3.63. The molecule has 0 atom stereocenters. The third-order valence-corrected chi connectivity index (χ3v) is 3.63. The Morgan fingerprint density at radius 1 is 1.28 bits per heavy atom. The monoisotopic (exact) mass is 246 g/mol. The topological polar surface area (TPSA) is 41.1 Å². The van der Waals surface area contributed by atoms with Crippen molar-refractivity contribution in [2.24, 2.45) is 5.92 Å². The van der Waals surface area contributed by atoms with Crippen LogP contribution in [0.3, 0.4) is 0 Å². The smallest absolute Gasteiger partial charge is 0.251 e. The maximum absolute atomic E-state index is 12.0. The van der Waals surface area contributed by atoms with Crippen LogP contribution in [-0.2, 0) is 6.42 Å². The van der Waals surface area contributed by atoms with Crippen molar-refractivity contribution in [2.45, 2.75) is 26.2 Å². The lowest BCUT2D eigenvalue weighted by molar-refractivity contribution is 0.0944. The summed E-state index contributed by atoms with van der Waals surface area (Å²) in [5.74, 6) is 0.682. The van der Waals surface area contributed by atoms with Gasteiger partial charge in [0.05, 0.1) is 0 Å². The minimum atomic E-state index is 0.0520. The van der Waals surface area contributed by atoms with Crippen LogP contribution in [0.4, 0.5) is 0 Å². The van der Waals surface area contributed by atoms with E-state index in [1.54, 1.807) is 0 Å². The van der Waals surface area contributed by atoms with E-state index >= 15 is 0 Å². The summed E-state index contributed by atoms with van der Waals surface area (Å²) in [4.78, 5) is 12.0. The van der Waals surface area contributed by atoms with Gasteiger partial charge in [0, 0.05) is 12.1 Å². The Hall–Kier alpha value is -1.35.